The molecule has 0 saturated carbocycles. The molecule has 0 radical (unpaired) electrons. The van der Waals surface area contributed by atoms with Gasteiger partial charge in [0.05, 0.1) is 7.11 Å². The van der Waals surface area contributed by atoms with E-state index in [0.717, 1.165) is 68.8 Å². The van der Waals surface area contributed by atoms with E-state index in [1.807, 2.05) is 24.3 Å². The molecule has 0 amide bonds. The Kier molecular flexibility index (Phi) is 11.1. The molecule has 40 heavy (non-hydrogen) atoms. The minimum atomic E-state index is -0.341. The van der Waals surface area contributed by atoms with Crippen molar-refractivity contribution in [2.75, 3.05) is 52.0 Å². The van der Waals surface area contributed by atoms with Crippen LogP contribution in [0.4, 0.5) is 10.1 Å². The summed E-state index contributed by atoms with van der Waals surface area (Å²) in [5, 5.41) is 13.2. The third kappa shape index (κ3) is 7.89. The number of nitrogens with zero attached hydrogens (tertiary/aromatic N) is 1. The van der Waals surface area contributed by atoms with Crippen LogP contribution in [0.2, 0.25) is 0 Å². The zero-order chi connectivity index (χ0) is 28.3. The number of anilines is 1. The number of hydrogen-bond acceptors (Lipinski definition) is 6. The van der Waals surface area contributed by atoms with Gasteiger partial charge in [0.2, 0.25) is 0 Å². The molecule has 1 unspecified atom stereocenters. The average Bonchev–Trinajstić information content (AvgIpc) is 2.97. The Bertz CT molecular complexity index is 1240. The molecule has 4 rings (SSSR count). The Hall–Kier alpha value is -3.29. The Morgan fingerprint density at radius 2 is 1.85 bits per heavy atom. The molecule has 0 spiro atoms. The molecule has 0 aliphatic heterocycles. The number of nitrogens with one attached hydrogen (secondary N) is 1. The number of aryl methyl sites for hydroxylation is 1. The van der Waals surface area contributed by atoms with Crippen LogP contribution in [0.15, 0.2) is 54.6 Å². The average molecular weight is 551 g/mol. The standard InChI is InChI=1S/C33H43FN2O4/c1-4-36(23-24-7-14-33(31(34)19-24)40-18-16-35-15-5-6-17-38-2)32-22-29(39-3)12-13-30(32)27-9-8-26-21-28(37)11-10-25(26)20-27/h7,10-14,19,21-22,27,35,37H,4-6,8-9,15-18,20,23H2,1-3H3. The van der Waals surface area contributed by atoms with Crippen LogP contribution in [0.25, 0.3) is 0 Å². The van der Waals surface area contributed by atoms with Gasteiger partial charge in [0.25, 0.3) is 0 Å². The Labute approximate surface area is 238 Å². The summed E-state index contributed by atoms with van der Waals surface area (Å²) < 4.78 is 31.3. The number of fused-ring (bicyclic) bond motifs is 1. The summed E-state index contributed by atoms with van der Waals surface area (Å²) in [6, 6.07) is 17.3. The lowest BCUT2D eigenvalue weighted by atomic mass is 9.79. The molecule has 0 bridgehead atoms. The number of ether oxygens (including phenoxy) is 3. The summed E-state index contributed by atoms with van der Waals surface area (Å²) >= 11 is 0. The van der Waals surface area contributed by atoms with E-state index in [1.165, 1.54) is 16.7 Å². The maximum Gasteiger partial charge on any atom is 0.165 e. The molecule has 0 saturated heterocycles. The third-order valence-corrected chi connectivity index (χ3v) is 7.68. The van der Waals surface area contributed by atoms with Crippen molar-refractivity contribution < 1.29 is 23.7 Å². The van der Waals surface area contributed by atoms with E-state index in [0.29, 0.717) is 31.4 Å². The Balaban J connectivity index is 1.42. The molecule has 0 aromatic heterocycles. The molecule has 2 N–H and O–H groups in total. The van der Waals surface area contributed by atoms with Gasteiger partial charge in [0, 0.05) is 45.1 Å². The topological polar surface area (TPSA) is 63.2 Å². The lowest BCUT2D eigenvalue weighted by Crippen LogP contribution is -2.25. The second kappa shape index (κ2) is 14.9. The van der Waals surface area contributed by atoms with Crippen molar-refractivity contribution in [3.63, 3.8) is 0 Å². The van der Waals surface area contributed by atoms with Crippen molar-refractivity contribution in [2.45, 2.75) is 51.5 Å². The number of phenolic OH excluding ortho intramolecular Hbond substituents is 1. The van der Waals surface area contributed by atoms with Gasteiger partial charge in [-0.25, -0.2) is 4.39 Å². The van der Waals surface area contributed by atoms with Crippen LogP contribution in [0.1, 0.15) is 54.4 Å². The van der Waals surface area contributed by atoms with Crippen LogP contribution in [0, 0.1) is 5.82 Å². The van der Waals surface area contributed by atoms with Crippen molar-refractivity contribution in [1.29, 1.82) is 0 Å². The first kappa shape index (κ1) is 29.7. The van der Waals surface area contributed by atoms with Gasteiger partial charge in [-0.2, -0.15) is 0 Å². The van der Waals surface area contributed by atoms with Gasteiger partial charge >= 0.3 is 0 Å². The summed E-state index contributed by atoms with van der Waals surface area (Å²) in [5.74, 6) is 1.43. The van der Waals surface area contributed by atoms with Gasteiger partial charge in [0.1, 0.15) is 18.1 Å². The van der Waals surface area contributed by atoms with Gasteiger partial charge < -0.3 is 29.5 Å². The SMILES string of the molecule is CCN(Cc1ccc(OCCNCCCCOC)c(F)c1)c1cc(OC)ccc1C1CCc2cc(O)ccc2C1. The van der Waals surface area contributed by atoms with E-state index >= 15 is 0 Å². The molecule has 6 nitrogen and oxygen atoms in total. The Morgan fingerprint density at radius 3 is 2.62 bits per heavy atom. The fraction of sp³-hybridized carbons (Fsp3) is 0.455. The highest BCUT2D eigenvalue weighted by Gasteiger charge is 2.25. The van der Waals surface area contributed by atoms with Crippen molar-refractivity contribution in [2.24, 2.45) is 0 Å². The van der Waals surface area contributed by atoms with Crippen LogP contribution in [0.5, 0.6) is 17.2 Å². The van der Waals surface area contributed by atoms with E-state index in [1.54, 1.807) is 32.4 Å². The Morgan fingerprint density at radius 1 is 0.975 bits per heavy atom. The smallest absolute Gasteiger partial charge is 0.165 e. The van der Waals surface area contributed by atoms with Crippen molar-refractivity contribution in [3.05, 3.63) is 82.7 Å². The predicted octanol–water partition coefficient (Wildman–Crippen LogP) is 6.23. The summed E-state index contributed by atoms with van der Waals surface area (Å²) in [5.41, 5.74) is 5.80. The summed E-state index contributed by atoms with van der Waals surface area (Å²) in [4.78, 5) is 2.28. The summed E-state index contributed by atoms with van der Waals surface area (Å²) in [6.07, 6.45) is 4.93. The summed E-state index contributed by atoms with van der Waals surface area (Å²) in [6.45, 7) is 6.22. The fourth-order valence-electron chi connectivity index (χ4n) is 5.48. The molecule has 0 heterocycles. The largest absolute Gasteiger partial charge is 0.508 e. The zero-order valence-electron chi connectivity index (χ0n) is 24.0. The first-order chi connectivity index (χ1) is 19.5. The lowest BCUT2D eigenvalue weighted by Gasteiger charge is -2.32. The normalized spacial score (nSPS) is 14.6. The molecule has 3 aromatic carbocycles. The molecule has 0 fully saturated rings. The number of hydrogen-bond donors (Lipinski definition) is 2. The highest BCUT2D eigenvalue weighted by Crippen LogP contribution is 2.40. The first-order valence-electron chi connectivity index (χ1n) is 14.4. The van der Waals surface area contributed by atoms with Crippen LogP contribution in [-0.4, -0.2) is 52.2 Å². The highest BCUT2D eigenvalue weighted by molar-refractivity contribution is 5.60. The van der Waals surface area contributed by atoms with Crippen LogP contribution in [-0.2, 0) is 24.1 Å². The van der Waals surface area contributed by atoms with Gasteiger partial charge in [-0.3, -0.25) is 0 Å². The van der Waals surface area contributed by atoms with Gasteiger partial charge in [-0.1, -0.05) is 18.2 Å². The monoisotopic (exact) mass is 550 g/mol. The second-order valence-corrected chi connectivity index (χ2v) is 10.4. The molecular weight excluding hydrogens is 507 g/mol. The summed E-state index contributed by atoms with van der Waals surface area (Å²) in [7, 11) is 3.39. The van der Waals surface area contributed by atoms with E-state index in [4.69, 9.17) is 14.2 Å². The predicted molar refractivity (Wildman–Crippen MR) is 158 cm³/mol. The molecule has 3 aromatic rings. The lowest BCUT2D eigenvalue weighted by molar-refractivity contribution is 0.192. The minimum Gasteiger partial charge on any atom is -0.508 e. The number of unbranched alkanes of at least 4 members (excludes halogenated alkanes) is 1. The zero-order valence-corrected chi connectivity index (χ0v) is 24.0. The quantitative estimate of drug-likeness (QED) is 0.219. The maximum atomic E-state index is 15.0. The number of benzene rings is 3. The van der Waals surface area contributed by atoms with Crippen molar-refractivity contribution in [1.82, 2.24) is 5.32 Å². The van der Waals surface area contributed by atoms with Gasteiger partial charge in [-0.15, -0.1) is 0 Å². The van der Waals surface area contributed by atoms with Crippen LogP contribution < -0.4 is 19.7 Å². The fourth-order valence-corrected chi connectivity index (χ4v) is 5.48. The van der Waals surface area contributed by atoms with E-state index < -0.39 is 0 Å². The van der Waals surface area contributed by atoms with Crippen molar-refractivity contribution in [3.8, 4) is 17.2 Å². The first-order valence-corrected chi connectivity index (χ1v) is 14.4. The number of aromatic hydroxyl groups is 1. The molecule has 1 atom stereocenters. The van der Waals surface area contributed by atoms with E-state index in [-0.39, 0.29) is 11.6 Å². The van der Waals surface area contributed by atoms with Crippen LogP contribution in [0.3, 0.4) is 0 Å². The molecule has 1 aliphatic carbocycles. The molecular formula is C33H43FN2O4. The van der Waals surface area contributed by atoms with Crippen LogP contribution >= 0.6 is 0 Å². The van der Waals surface area contributed by atoms with E-state index in [2.05, 4.69) is 29.3 Å². The molecule has 216 valence electrons. The highest BCUT2D eigenvalue weighted by atomic mass is 19.1. The minimum absolute atomic E-state index is 0.280. The number of phenols is 1. The number of halogens is 1. The molecule has 7 heteroatoms. The second-order valence-electron chi connectivity index (χ2n) is 10.4. The molecule has 1 aliphatic rings. The van der Waals surface area contributed by atoms with E-state index in [9.17, 15) is 9.50 Å². The number of methoxy groups -OCH3 is 2. The maximum absolute atomic E-state index is 15.0. The number of rotatable bonds is 15. The van der Waals surface area contributed by atoms with Crippen molar-refractivity contribution >= 4 is 5.69 Å². The van der Waals surface area contributed by atoms with Gasteiger partial charge in [-0.05, 0) is 104 Å². The van der Waals surface area contributed by atoms with Gasteiger partial charge in [0.15, 0.2) is 11.6 Å². The third-order valence-electron chi connectivity index (χ3n) is 7.68.